The van der Waals surface area contributed by atoms with E-state index in [4.69, 9.17) is 4.74 Å². The van der Waals surface area contributed by atoms with Crippen LogP contribution in [0.1, 0.15) is 37.9 Å². The predicted octanol–water partition coefficient (Wildman–Crippen LogP) is 2.12. The highest BCUT2D eigenvalue weighted by Crippen LogP contribution is 2.35. The Morgan fingerprint density at radius 3 is 2.68 bits per heavy atom. The van der Waals surface area contributed by atoms with Crippen LogP contribution in [0.25, 0.3) is 11.0 Å². The van der Waals surface area contributed by atoms with Gasteiger partial charge in [0.05, 0.1) is 24.8 Å². The Kier molecular flexibility index (Phi) is 4.60. The minimum atomic E-state index is 0.218. The van der Waals surface area contributed by atoms with E-state index in [-0.39, 0.29) is 5.54 Å². The maximum Gasteiger partial charge on any atom is 0.163 e. The molecule has 0 amide bonds. The van der Waals surface area contributed by atoms with Gasteiger partial charge in [-0.25, -0.2) is 9.97 Å². The zero-order valence-electron chi connectivity index (χ0n) is 15.3. The van der Waals surface area contributed by atoms with E-state index in [2.05, 4.69) is 25.3 Å². The third-order valence-electron chi connectivity index (χ3n) is 5.75. The van der Waals surface area contributed by atoms with E-state index in [1.165, 1.54) is 32.1 Å². The Bertz CT molecular complexity index is 730. The average Bonchev–Trinajstić information content (AvgIpc) is 3.02. The van der Waals surface area contributed by atoms with Gasteiger partial charge in [-0.1, -0.05) is 19.3 Å². The summed E-state index contributed by atoms with van der Waals surface area (Å²) in [6.45, 7) is 6.63. The standard InChI is InChI=1S/C18H28N6O/c1-14-21-16(15-12-20-23(2)17(15)22-14)19-13-18(6-4-3-5-7-18)24-8-10-25-11-9-24/h12H,3-11,13H2,1-2H3,(H,19,21,22). The van der Waals surface area contributed by atoms with E-state index in [0.29, 0.717) is 0 Å². The highest BCUT2D eigenvalue weighted by Gasteiger charge is 2.38. The first-order valence-electron chi connectivity index (χ1n) is 9.41. The smallest absolute Gasteiger partial charge is 0.163 e. The molecule has 0 spiro atoms. The molecule has 0 bridgehead atoms. The second kappa shape index (κ2) is 6.88. The van der Waals surface area contributed by atoms with Crippen LogP contribution in [0.2, 0.25) is 0 Å². The summed E-state index contributed by atoms with van der Waals surface area (Å²) < 4.78 is 7.39. The summed E-state index contributed by atoms with van der Waals surface area (Å²) in [6.07, 6.45) is 8.33. The first-order chi connectivity index (χ1) is 12.2. The van der Waals surface area contributed by atoms with Crippen molar-refractivity contribution in [3.8, 4) is 0 Å². The second-order valence-corrected chi connectivity index (χ2v) is 7.36. The van der Waals surface area contributed by atoms with E-state index in [1.807, 2.05) is 24.9 Å². The van der Waals surface area contributed by atoms with Crippen LogP contribution in [0.15, 0.2) is 6.20 Å². The Labute approximate surface area is 148 Å². The van der Waals surface area contributed by atoms with Crippen molar-refractivity contribution in [2.45, 2.75) is 44.6 Å². The average molecular weight is 344 g/mol. The maximum absolute atomic E-state index is 5.58. The zero-order chi connectivity index (χ0) is 17.3. The van der Waals surface area contributed by atoms with Crippen LogP contribution in [0.4, 0.5) is 5.82 Å². The predicted molar refractivity (Wildman–Crippen MR) is 97.7 cm³/mol. The molecule has 2 fully saturated rings. The lowest BCUT2D eigenvalue weighted by Crippen LogP contribution is -2.58. The minimum Gasteiger partial charge on any atom is -0.379 e. The lowest BCUT2D eigenvalue weighted by Gasteiger charge is -2.48. The summed E-state index contributed by atoms with van der Waals surface area (Å²) in [4.78, 5) is 11.8. The Balaban J connectivity index is 1.59. The molecule has 0 unspecified atom stereocenters. The molecule has 4 rings (SSSR count). The number of ether oxygens (including phenoxy) is 1. The molecule has 0 radical (unpaired) electrons. The molecule has 1 aliphatic carbocycles. The number of hydrogen-bond acceptors (Lipinski definition) is 6. The van der Waals surface area contributed by atoms with Gasteiger partial charge in [0.2, 0.25) is 0 Å². The fourth-order valence-corrected chi connectivity index (χ4v) is 4.37. The molecule has 7 heteroatoms. The minimum absolute atomic E-state index is 0.218. The third-order valence-corrected chi connectivity index (χ3v) is 5.75. The van der Waals surface area contributed by atoms with Crippen molar-refractivity contribution >= 4 is 16.9 Å². The largest absolute Gasteiger partial charge is 0.379 e. The molecule has 2 aliphatic rings. The zero-order valence-corrected chi connectivity index (χ0v) is 15.3. The van der Waals surface area contributed by atoms with Crippen LogP contribution in [0, 0.1) is 6.92 Å². The molecule has 3 heterocycles. The topological polar surface area (TPSA) is 68.1 Å². The van der Waals surface area contributed by atoms with Gasteiger partial charge in [0.25, 0.3) is 0 Å². The van der Waals surface area contributed by atoms with Crippen molar-refractivity contribution in [3.63, 3.8) is 0 Å². The molecule has 2 aromatic heterocycles. The highest BCUT2D eigenvalue weighted by atomic mass is 16.5. The number of nitrogens with zero attached hydrogens (tertiary/aromatic N) is 5. The van der Waals surface area contributed by atoms with Gasteiger partial charge in [-0.2, -0.15) is 5.10 Å². The number of fused-ring (bicyclic) bond motifs is 1. The summed E-state index contributed by atoms with van der Waals surface area (Å²) in [7, 11) is 1.93. The van der Waals surface area contributed by atoms with Crippen molar-refractivity contribution in [3.05, 3.63) is 12.0 Å². The summed E-state index contributed by atoms with van der Waals surface area (Å²) in [6, 6.07) is 0. The van der Waals surface area contributed by atoms with Gasteiger partial charge in [-0.15, -0.1) is 0 Å². The van der Waals surface area contributed by atoms with Crippen LogP contribution >= 0.6 is 0 Å². The number of morpholine rings is 1. The number of aromatic nitrogens is 4. The Morgan fingerprint density at radius 1 is 1.16 bits per heavy atom. The SMILES string of the molecule is Cc1nc(NCC2(N3CCOCC3)CCCCC2)c2cnn(C)c2n1. The van der Waals surface area contributed by atoms with Crippen molar-refractivity contribution < 1.29 is 4.74 Å². The van der Waals surface area contributed by atoms with Gasteiger partial charge in [0.15, 0.2) is 5.65 Å². The first-order valence-corrected chi connectivity index (χ1v) is 9.41. The number of anilines is 1. The van der Waals surface area contributed by atoms with Crippen molar-refractivity contribution in [1.82, 2.24) is 24.6 Å². The van der Waals surface area contributed by atoms with E-state index in [0.717, 1.165) is 55.5 Å². The van der Waals surface area contributed by atoms with Crippen molar-refractivity contribution in [2.75, 3.05) is 38.2 Å². The van der Waals surface area contributed by atoms with Crippen LogP contribution < -0.4 is 5.32 Å². The molecule has 1 saturated heterocycles. The highest BCUT2D eigenvalue weighted by molar-refractivity contribution is 5.86. The number of aryl methyl sites for hydroxylation is 2. The van der Waals surface area contributed by atoms with Crippen LogP contribution in [0.5, 0.6) is 0 Å². The van der Waals surface area contributed by atoms with Crippen LogP contribution in [-0.4, -0.2) is 63.0 Å². The second-order valence-electron chi connectivity index (χ2n) is 7.36. The lowest BCUT2D eigenvalue weighted by atomic mass is 9.79. The van der Waals surface area contributed by atoms with Gasteiger partial charge in [0.1, 0.15) is 11.6 Å². The fourth-order valence-electron chi connectivity index (χ4n) is 4.37. The number of hydrogen-bond donors (Lipinski definition) is 1. The van der Waals surface area contributed by atoms with E-state index in [1.54, 1.807) is 0 Å². The number of rotatable bonds is 4. The summed E-state index contributed by atoms with van der Waals surface area (Å²) in [5, 5.41) is 9.01. The lowest BCUT2D eigenvalue weighted by molar-refractivity contribution is -0.0318. The maximum atomic E-state index is 5.58. The summed E-state index contributed by atoms with van der Waals surface area (Å²) in [5.74, 6) is 1.69. The van der Waals surface area contributed by atoms with Gasteiger partial charge < -0.3 is 10.1 Å². The third kappa shape index (κ3) is 3.22. The normalized spacial score (nSPS) is 21.5. The molecule has 1 aliphatic heterocycles. The first kappa shape index (κ1) is 16.7. The number of nitrogens with one attached hydrogen (secondary N) is 1. The van der Waals surface area contributed by atoms with Gasteiger partial charge in [0, 0.05) is 32.2 Å². The molecule has 1 N–H and O–H groups in total. The fraction of sp³-hybridized carbons (Fsp3) is 0.722. The quantitative estimate of drug-likeness (QED) is 0.916. The Hall–Kier alpha value is -1.73. The van der Waals surface area contributed by atoms with E-state index < -0.39 is 0 Å². The molecule has 136 valence electrons. The molecule has 1 saturated carbocycles. The van der Waals surface area contributed by atoms with Crippen LogP contribution in [0.3, 0.4) is 0 Å². The molecule has 7 nitrogen and oxygen atoms in total. The van der Waals surface area contributed by atoms with Gasteiger partial charge >= 0.3 is 0 Å². The summed E-state index contributed by atoms with van der Waals surface area (Å²) >= 11 is 0. The van der Waals surface area contributed by atoms with Gasteiger partial charge in [-0.3, -0.25) is 9.58 Å². The molecular formula is C18H28N6O. The monoisotopic (exact) mass is 344 g/mol. The van der Waals surface area contributed by atoms with E-state index in [9.17, 15) is 0 Å². The molecule has 2 aromatic rings. The molecule has 0 atom stereocenters. The molecule has 0 aromatic carbocycles. The van der Waals surface area contributed by atoms with Crippen molar-refractivity contribution in [1.29, 1.82) is 0 Å². The van der Waals surface area contributed by atoms with E-state index >= 15 is 0 Å². The molecule has 25 heavy (non-hydrogen) atoms. The van der Waals surface area contributed by atoms with Gasteiger partial charge in [-0.05, 0) is 19.8 Å². The van der Waals surface area contributed by atoms with Crippen LogP contribution in [-0.2, 0) is 11.8 Å². The molecular weight excluding hydrogens is 316 g/mol. The van der Waals surface area contributed by atoms with Crippen molar-refractivity contribution in [2.24, 2.45) is 7.05 Å². The summed E-state index contributed by atoms with van der Waals surface area (Å²) in [5.41, 5.74) is 1.11. The Morgan fingerprint density at radius 2 is 1.92 bits per heavy atom.